The van der Waals surface area contributed by atoms with Crippen molar-refractivity contribution in [3.05, 3.63) is 46.5 Å². The number of hydrogen-bond acceptors (Lipinski definition) is 7. The van der Waals surface area contributed by atoms with E-state index in [1.54, 1.807) is 13.1 Å². The van der Waals surface area contributed by atoms with E-state index in [0.717, 1.165) is 6.07 Å². The van der Waals surface area contributed by atoms with Gasteiger partial charge in [-0.2, -0.15) is 0 Å². The number of esters is 1. The van der Waals surface area contributed by atoms with Crippen molar-refractivity contribution in [1.82, 2.24) is 9.55 Å². The maximum absolute atomic E-state index is 12.1. The van der Waals surface area contributed by atoms with Crippen LogP contribution in [-0.2, 0) is 9.53 Å². The van der Waals surface area contributed by atoms with E-state index in [0.29, 0.717) is 0 Å². The first-order valence-electron chi connectivity index (χ1n) is 6.87. The zero-order chi connectivity index (χ0) is 17.7. The molecule has 2 aromatic rings. The fourth-order valence-electron chi connectivity index (χ4n) is 2.03. The number of carbonyl (C=O) groups excluding carboxylic acids is 1. The number of carbonyl (C=O) groups is 2. The molecule has 10 nitrogen and oxygen atoms in total. The van der Waals surface area contributed by atoms with Crippen molar-refractivity contribution >= 4 is 23.3 Å². The Bertz CT molecular complexity index is 772. The number of aliphatic carboxylic acids is 1. The highest BCUT2D eigenvalue weighted by Gasteiger charge is 2.23. The summed E-state index contributed by atoms with van der Waals surface area (Å²) in [6.07, 6.45) is 4.43. The molecule has 1 heterocycles. The third-order valence-electron chi connectivity index (χ3n) is 3.02. The van der Waals surface area contributed by atoms with Gasteiger partial charge in [-0.25, -0.2) is 9.78 Å². The zero-order valence-electron chi connectivity index (χ0n) is 12.6. The van der Waals surface area contributed by atoms with Gasteiger partial charge in [0.25, 0.3) is 5.69 Å². The summed E-state index contributed by atoms with van der Waals surface area (Å²) < 4.78 is 6.40. The van der Waals surface area contributed by atoms with Crippen LogP contribution >= 0.6 is 0 Å². The van der Waals surface area contributed by atoms with E-state index >= 15 is 0 Å². The first-order valence-corrected chi connectivity index (χ1v) is 6.87. The Hall–Kier alpha value is -3.43. The number of hydrogen-bond donors (Lipinski definition) is 2. The number of imidazole rings is 1. The predicted octanol–water partition coefficient (Wildman–Crippen LogP) is 1.45. The lowest BCUT2D eigenvalue weighted by Crippen LogP contribution is -2.15. The van der Waals surface area contributed by atoms with Crippen molar-refractivity contribution < 1.29 is 24.4 Å². The van der Waals surface area contributed by atoms with E-state index in [4.69, 9.17) is 9.84 Å². The molecular formula is C14H14N4O6. The maximum atomic E-state index is 12.1. The highest BCUT2D eigenvalue weighted by Crippen LogP contribution is 2.31. The highest BCUT2D eigenvalue weighted by atomic mass is 16.6. The summed E-state index contributed by atoms with van der Waals surface area (Å²) in [6.45, 7) is 1.21. The summed E-state index contributed by atoms with van der Waals surface area (Å²) in [5.41, 5.74) is -0.200. The number of anilines is 1. The molecule has 126 valence electrons. The van der Waals surface area contributed by atoms with Crippen LogP contribution < -0.4 is 5.32 Å². The molecule has 0 aliphatic heterocycles. The molecule has 10 heteroatoms. The third kappa shape index (κ3) is 3.66. The van der Waals surface area contributed by atoms with Crippen molar-refractivity contribution in [1.29, 1.82) is 0 Å². The molecule has 1 aromatic carbocycles. The van der Waals surface area contributed by atoms with E-state index in [1.165, 1.54) is 23.2 Å². The molecule has 0 atom stereocenters. The molecule has 0 spiro atoms. The van der Waals surface area contributed by atoms with Crippen molar-refractivity contribution in [2.45, 2.75) is 6.92 Å². The van der Waals surface area contributed by atoms with Crippen LogP contribution in [0.15, 0.2) is 30.9 Å². The predicted molar refractivity (Wildman–Crippen MR) is 82.3 cm³/mol. The standard InChI is InChI=1S/C14H14N4O6/c1-2-24-14(21)9-5-12(18(22)23)10(16-7-13(19)20)6-11(9)17-4-3-15-8-17/h3-6,8,16H,2,7H2,1H3,(H,19,20). The Morgan fingerprint density at radius 2 is 2.21 bits per heavy atom. The van der Waals surface area contributed by atoms with Gasteiger partial charge in [-0.3, -0.25) is 14.9 Å². The molecule has 0 aliphatic carbocycles. The molecule has 0 radical (unpaired) electrons. The minimum absolute atomic E-state index is 0.0255. The summed E-state index contributed by atoms with van der Waals surface area (Å²) in [5.74, 6) is -1.91. The Morgan fingerprint density at radius 3 is 2.75 bits per heavy atom. The van der Waals surface area contributed by atoms with E-state index in [2.05, 4.69) is 10.3 Å². The topological polar surface area (TPSA) is 137 Å². The van der Waals surface area contributed by atoms with Crippen molar-refractivity contribution in [2.75, 3.05) is 18.5 Å². The Balaban J connectivity index is 2.60. The Kier molecular flexibility index (Phi) is 5.09. The van der Waals surface area contributed by atoms with Crippen LogP contribution in [0, 0.1) is 10.1 Å². The molecular weight excluding hydrogens is 320 g/mol. The minimum atomic E-state index is -1.18. The quantitative estimate of drug-likeness (QED) is 0.441. The van der Waals surface area contributed by atoms with Crippen LogP contribution in [0.5, 0.6) is 0 Å². The average Bonchev–Trinajstić information content (AvgIpc) is 3.06. The summed E-state index contributed by atoms with van der Waals surface area (Å²) in [7, 11) is 0. The number of ether oxygens (including phenoxy) is 1. The number of carboxylic acids is 1. The molecule has 2 rings (SSSR count). The van der Waals surface area contributed by atoms with E-state index in [-0.39, 0.29) is 23.5 Å². The lowest BCUT2D eigenvalue weighted by Gasteiger charge is -2.13. The van der Waals surface area contributed by atoms with Gasteiger partial charge in [0.1, 0.15) is 12.2 Å². The van der Waals surface area contributed by atoms with Crippen LogP contribution in [0.2, 0.25) is 0 Å². The molecule has 0 amide bonds. The number of carboxylic acid groups (broad SMARTS) is 1. The second-order valence-electron chi connectivity index (χ2n) is 4.58. The Morgan fingerprint density at radius 1 is 1.46 bits per heavy atom. The van der Waals surface area contributed by atoms with Crippen LogP contribution in [-0.4, -0.2) is 44.7 Å². The lowest BCUT2D eigenvalue weighted by atomic mass is 10.1. The molecule has 2 N–H and O–H groups in total. The number of nitro benzene ring substituents is 1. The highest BCUT2D eigenvalue weighted by molar-refractivity contribution is 5.96. The van der Waals surface area contributed by atoms with Gasteiger partial charge in [-0.1, -0.05) is 0 Å². The summed E-state index contributed by atoms with van der Waals surface area (Å²) >= 11 is 0. The van der Waals surface area contributed by atoms with Gasteiger partial charge in [-0.15, -0.1) is 0 Å². The van der Waals surface area contributed by atoms with Gasteiger partial charge in [0, 0.05) is 18.5 Å². The summed E-state index contributed by atoms with van der Waals surface area (Å²) in [5, 5.41) is 22.5. The molecule has 0 unspecified atom stereocenters. The van der Waals surface area contributed by atoms with Gasteiger partial charge in [-0.05, 0) is 13.0 Å². The lowest BCUT2D eigenvalue weighted by molar-refractivity contribution is -0.384. The van der Waals surface area contributed by atoms with Gasteiger partial charge >= 0.3 is 11.9 Å². The number of nitrogens with zero attached hydrogens (tertiary/aromatic N) is 3. The molecule has 0 aliphatic rings. The van der Waals surface area contributed by atoms with Gasteiger partial charge in [0.15, 0.2) is 0 Å². The fraction of sp³-hybridized carbons (Fsp3) is 0.214. The van der Waals surface area contributed by atoms with E-state index < -0.39 is 29.1 Å². The first kappa shape index (κ1) is 16.9. The normalized spacial score (nSPS) is 10.2. The second-order valence-corrected chi connectivity index (χ2v) is 4.58. The fourth-order valence-corrected chi connectivity index (χ4v) is 2.03. The number of benzene rings is 1. The number of nitrogens with one attached hydrogen (secondary N) is 1. The molecule has 1 aromatic heterocycles. The van der Waals surface area contributed by atoms with Gasteiger partial charge in [0.2, 0.25) is 0 Å². The van der Waals surface area contributed by atoms with Crippen molar-refractivity contribution in [2.24, 2.45) is 0 Å². The smallest absolute Gasteiger partial charge is 0.340 e. The van der Waals surface area contributed by atoms with Crippen molar-refractivity contribution in [3.63, 3.8) is 0 Å². The SMILES string of the molecule is CCOC(=O)c1cc([N+](=O)[O-])c(NCC(=O)O)cc1-n1ccnc1. The summed E-state index contributed by atoms with van der Waals surface area (Å²) in [4.78, 5) is 37.2. The van der Waals surface area contributed by atoms with Gasteiger partial charge in [0.05, 0.1) is 29.1 Å². The molecule has 24 heavy (non-hydrogen) atoms. The zero-order valence-corrected chi connectivity index (χ0v) is 12.6. The van der Waals surface area contributed by atoms with Gasteiger partial charge < -0.3 is 19.7 Å². The molecule has 0 bridgehead atoms. The van der Waals surface area contributed by atoms with E-state index in [9.17, 15) is 19.7 Å². The molecule has 0 fully saturated rings. The van der Waals surface area contributed by atoms with Crippen LogP contribution in [0.3, 0.4) is 0 Å². The maximum Gasteiger partial charge on any atom is 0.340 e. The molecule has 0 saturated carbocycles. The monoisotopic (exact) mass is 334 g/mol. The van der Waals surface area contributed by atoms with Crippen LogP contribution in [0.1, 0.15) is 17.3 Å². The second kappa shape index (κ2) is 7.22. The van der Waals surface area contributed by atoms with E-state index in [1.807, 2.05) is 0 Å². The van der Waals surface area contributed by atoms with Crippen molar-refractivity contribution in [3.8, 4) is 5.69 Å². The molecule has 0 saturated heterocycles. The Labute approximate surface area is 135 Å². The average molecular weight is 334 g/mol. The summed E-state index contributed by atoms with van der Waals surface area (Å²) in [6, 6.07) is 2.37. The number of rotatable bonds is 7. The first-order chi connectivity index (χ1) is 11.4. The number of nitro groups is 1. The van der Waals surface area contributed by atoms with Crippen LogP contribution in [0.4, 0.5) is 11.4 Å². The number of aromatic nitrogens is 2. The third-order valence-corrected chi connectivity index (χ3v) is 3.02. The minimum Gasteiger partial charge on any atom is -0.480 e. The van der Waals surface area contributed by atoms with Crippen LogP contribution in [0.25, 0.3) is 5.69 Å². The largest absolute Gasteiger partial charge is 0.480 e.